The summed E-state index contributed by atoms with van der Waals surface area (Å²) in [6, 6.07) is 12.1. The van der Waals surface area contributed by atoms with Gasteiger partial charge in [0, 0.05) is 41.6 Å². The Hall–Kier alpha value is -2.27. The second-order valence-electron chi connectivity index (χ2n) is 5.66. The standard InChI is InChI=1S/C19H21N3OS/c1-4-21-11-10-20-19(21)24-13-18(23)17-12-14(2)22(15(17)3)16-8-6-5-7-9-16/h5-12H,4,13H2,1-3H3. The van der Waals surface area contributed by atoms with Crippen molar-refractivity contribution in [2.75, 3.05) is 5.75 Å². The van der Waals surface area contributed by atoms with Gasteiger partial charge in [0.05, 0.1) is 5.75 Å². The quantitative estimate of drug-likeness (QED) is 0.497. The van der Waals surface area contributed by atoms with Crippen LogP contribution in [0.4, 0.5) is 0 Å². The summed E-state index contributed by atoms with van der Waals surface area (Å²) in [5, 5.41) is 0.891. The number of rotatable bonds is 6. The molecule has 124 valence electrons. The molecule has 0 saturated heterocycles. The number of aryl methyl sites for hydroxylation is 2. The van der Waals surface area contributed by atoms with Crippen molar-refractivity contribution in [1.29, 1.82) is 0 Å². The SMILES string of the molecule is CCn1ccnc1SCC(=O)c1cc(C)n(-c2ccccc2)c1C. The molecule has 0 saturated carbocycles. The summed E-state index contributed by atoms with van der Waals surface area (Å²) < 4.78 is 4.18. The van der Waals surface area contributed by atoms with Crippen molar-refractivity contribution in [3.05, 3.63) is 65.7 Å². The van der Waals surface area contributed by atoms with Crippen molar-refractivity contribution in [3.63, 3.8) is 0 Å². The normalized spacial score (nSPS) is 11.0. The minimum absolute atomic E-state index is 0.140. The van der Waals surface area contributed by atoms with Crippen molar-refractivity contribution in [2.45, 2.75) is 32.5 Å². The average molecular weight is 339 g/mol. The Kier molecular flexibility index (Phi) is 4.90. The average Bonchev–Trinajstić information content (AvgIpc) is 3.17. The number of hydrogen-bond acceptors (Lipinski definition) is 3. The topological polar surface area (TPSA) is 39.8 Å². The number of aromatic nitrogens is 3. The number of carbonyl (C=O) groups excluding carboxylic acids is 1. The Morgan fingerprint density at radius 2 is 1.96 bits per heavy atom. The van der Waals surface area contributed by atoms with Crippen LogP contribution in [0, 0.1) is 13.8 Å². The third-order valence-corrected chi connectivity index (χ3v) is 5.10. The number of nitrogens with zero attached hydrogens (tertiary/aromatic N) is 3. The van der Waals surface area contributed by atoms with Crippen molar-refractivity contribution in [1.82, 2.24) is 14.1 Å². The van der Waals surface area contributed by atoms with Gasteiger partial charge in [0.1, 0.15) is 0 Å². The zero-order valence-corrected chi connectivity index (χ0v) is 15.0. The molecule has 0 atom stereocenters. The van der Waals surface area contributed by atoms with Crippen LogP contribution in [0.15, 0.2) is 53.9 Å². The van der Waals surface area contributed by atoms with Gasteiger partial charge < -0.3 is 9.13 Å². The van der Waals surface area contributed by atoms with Crippen LogP contribution in [0.3, 0.4) is 0 Å². The maximum absolute atomic E-state index is 12.7. The molecule has 0 spiro atoms. The Bertz CT molecular complexity index is 849. The zero-order valence-electron chi connectivity index (χ0n) is 14.2. The van der Waals surface area contributed by atoms with Crippen LogP contribution in [-0.2, 0) is 6.54 Å². The molecule has 0 N–H and O–H groups in total. The van der Waals surface area contributed by atoms with Gasteiger partial charge in [-0.1, -0.05) is 30.0 Å². The van der Waals surface area contributed by atoms with Crippen LogP contribution in [-0.4, -0.2) is 25.7 Å². The minimum Gasteiger partial charge on any atom is -0.326 e. The second-order valence-corrected chi connectivity index (χ2v) is 6.61. The third kappa shape index (κ3) is 3.17. The zero-order chi connectivity index (χ0) is 17.1. The lowest BCUT2D eigenvalue weighted by atomic mass is 10.2. The maximum atomic E-state index is 12.7. The molecule has 2 aromatic heterocycles. The Morgan fingerprint density at radius 1 is 1.21 bits per heavy atom. The summed E-state index contributed by atoms with van der Waals surface area (Å²) in [5.41, 5.74) is 3.93. The Morgan fingerprint density at radius 3 is 2.67 bits per heavy atom. The van der Waals surface area contributed by atoms with E-state index in [1.165, 1.54) is 11.8 Å². The first-order valence-corrected chi connectivity index (χ1v) is 9.02. The fraction of sp³-hybridized carbons (Fsp3) is 0.263. The van der Waals surface area contributed by atoms with Gasteiger partial charge in [-0.3, -0.25) is 4.79 Å². The van der Waals surface area contributed by atoms with E-state index >= 15 is 0 Å². The fourth-order valence-electron chi connectivity index (χ4n) is 2.90. The summed E-state index contributed by atoms with van der Waals surface area (Å²) in [4.78, 5) is 17.0. The first-order valence-electron chi connectivity index (χ1n) is 8.03. The van der Waals surface area contributed by atoms with E-state index in [2.05, 4.69) is 28.6 Å². The van der Waals surface area contributed by atoms with E-state index in [-0.39, 0.29) is 5.78 Å². The van der Waals surface area contributed by atoms with Crippen LogP contribution in [0.1, 0.15) is 28.7 Å². The van der Waals surface area contributed by atoms with Gasteiger partial charge in [0.25, 0.3) is 0 Å². The molecule has 2 heterocycles. The molecule has 4 nitrogen and oxygen atoms in total. The highest BCUT2D eigenvalue weighted by Crippen LogP contribution is 2.23. The molecule has 0 aliphatic rings. The lowest BCUT2D eigenvalue weighted by Crippen LogP contribution is -2.06. The van der Waals surface area contributed by atoms with Crippen LogP contribution in [0.2, 0.25) is 0 Å². The Labute approximate surface area is 146 Å². The molecule has 0 radical (unpaired) electrons. The van der Waals surface area contributed by atoms with E-state index in [1.807, 2.05) is 48.9 Å². The van der Waals surface area contributed by atoms with Crippen molar-refractivity contribution >= 4 is 17.5 Å². The van der Waals surface area contributed by atoms with E-state index < -0.39 is 0 Å². The number of hydrogen-bond donors (Lipinski definition) is 0. The van der Waals surface area contributed by atoms with Gasteiger partial charge in [-0.15, -0.1) is 0 Å². The highest BCUT2D eigenvalue weighted by atomic mass is 32.2. The largest absolute Gasteiger partial charge is 0.326 e. The van der Waals surface area contributed by atoms with Gasteiger partial charge in [0.2, 0.25) is 0 Å². The van der Waals surface area contributed by atoms with Crippen LogP contribution >= 0.6 is 11.8 Å². The van der Waals surface area contributed by atoms with Crippen LogP contribution < -0.4 is 0 Å². The summed E-state index contributed by atoms with van der Waals surface area (Å²) in [5.74, 6) is 0.539. The monoisotopic (exact) mass is 339 g/mol. The number of thioether (sulfide) groups is 1. The van der Waals surface area contributed by atoms with E-state index in [9.17, 15) is 4.79 Å². The summed E-state index contributed by atoms with van der Waals surface area (Å²) in [6.45, 7) is 6.97. The molecule has 0 fully saturated rings. The van der Waals surface area contributed by atoms with Crippen LogP contribution in [0.5, 0.6) is 0 Å². The third-order valence-electron chi connectivity index (χ3n) is 4.10. The number of imidazole rings is 1. The summed E-state index contributed by atoms with van der Waals surface area (Å²) in [7, 11) is 0. The van der Waals surface area contributed by atoms with Gasteiger partial charge in [-0.2, -0.15) is 0 Å². The van der Waals surface area contributed by atoms with Crippen molar-refractivity contribution < 1.29 is 4.79 Å². The maximum Gasteiger partial charge on any atom is 0.175 e. The molecule has 1 aromatic carbocycles. The smallest absolute Gasteiger partial charge is 0.175 e. The van der Waals surface area contributed by atoms with E-state index in [0.29, 0.717) is 5.75 Å². The summed E-state index contributed by atoms with van der Waals surface area (Å²) in [6.07, 6.45) is 3.71. The van der Waals surface area contributed by atoms with Gasteiger partial charge in [-0.25, -0.2) is 4.98 Å². The second kappa shape index (κ2) is 7.09. The minimum atomic E-state index is 0.140. The fourth-order valence-corrected chi connectivity index (χ4v) is 3.81. The molecule has 5 heteroatoms. The summed E-state index contributed by atoms with van der Waals surface area (Å²) >= 11 is 1.49. The van der Waals surface area contributed by atoms with Gasteiger partial charge >= 0.3 is 0 Å². The lowest BCUT2D eigenvalue weighted by molar-refractivity contribution is 0.102. The molecular weight excluding hydrogens is 318 g/mol. The number of benzene rings is 1. The number of para-hydroxylation sites is 1. The van der Waals surface area contributed by atoms with Gasteiger partial charge in [0.15, 0.2) is 10.9 Å². The number of Topliss-reactive ketones (excluding diaryl/α,β-unsaturated/α-hetero) is 1. The first kappa shape index (κ1) is 16.6. The molecule has 0 amide bonds. The molecule has 24 heavy (non-hydrogen) atoms. The molecule has 0 aliphatic heterocycles. The number of carbonyl (C=O) groups is 1. The predicted molar refractivity (Wildman–Crippen MR) is 98.2 cm³/mol. The van der Waals surface area contributed by atoms with E-state index in [1.54, 1.807) is 6.20 Å². The van der Waals surface area contributed by atoms with Gasteiger partial charge in [-0.05, 0) is 39.0 Å². The first-order chi connectivity index (χ1) is 11.6. The van der Waals surface area contributed by atoms with Crippen LogP contribution in [0.25, 0.3) is 5.69 Å². The lowest BCUT2D eigenvalue weighted by Gasteiger charge is -2.09. The highest BCUT2D eigenvalue weighted by molar-refractivity contribution is 7.99. The molecule has 0 unspecified atom stereocenters. The van der Waals surface area contributed by atoms with E-state index in [4.69, 9.17) is 0 Å². The number of ketones is 1. The molecule has 3 rings (SSSR count). The highest BCUT2D eigenvalue weighted by Gasteiger charge is 2.17. The van der Waals surface area contributed by atoms with E-state index in [0.717, 1.165) is 34.3 Å². The molecular formula is C19H21N3OS. The van der Waals surface area contributed by atoms with Crippen molar-refractivity contribution in [3.8, 4) is 5.69 Å². The molecule has 0 aliphatic carbocycles. The molecule has 3 aromatic rings. The Balaban J connectivity index is 1.81. The molecule has 0 bridgehead atoms. The van der Waals surface area contributed by atoms with Crippen molar-refractivity contribution in [2.24, 2.45) is 0 Å². The predicted octanol–water partition coefficient (Wildman–Crippen LogP) is 4.29.